The molecule has 5 atom stereocenters. The number of halogens is 1. The molecule has 1 aromatic rings. The van der Waals surface area contributed by atoms with Crippen molar-refractivity contribution < 1.29 is 35.0 Å². The highest BCUT2D eigenvalue weighted by molar-refractivity contribution is 6.31. The van der Waals surface area contributed by atoms with Crippen LogP contribution in [0.3, 0.4) is 0 Å². The van der Waals surface area contributed by atoms with E-state index < -0.39 is 42.4 Å². The SMILES string of the molecule is COC1(c2ccc(Cl)c(C(C)(C)O)c2)OC(CO)C(O)C(O)C1O. The highest BCUT2D eigenvalue weighted by Crippen LogP contribution is 2.41. The van der Waals surface area contributed by atoms with Crippen LogP contribution in [0, 0.1) is 0 Å². The minimum Gasteiger partial charge on any atom is -0.394 e. The molecule has 136 valence electrons. The van der Waals surface area contributed by atoms with Crippen LogP contribution in [-0.4, -0.2) is 63.7 Å². The summed E-state index contributed by atoms with van der Waals surface area (Å²) in [6.07, 6.45) is -5.87. The average molecular weight is 363 g/mol. The van der Waals surface area contributed by atoms with Crippen molar-refractivity contribution in [1.29, 1.82) is 0 Å². The molecular weight excluding hydrogens is 340 g/mol. The molecule has 0 radical (unpaired) electrons. The molecule has 1 fully saturated rings. The Balaban J connectivity index is 2.57. The van der Waals surface area contributed by atoms with Crippen LogP contribution >= 0.6 is 11.6 Å². The van der Waals surface area contributed by atoms with E-state index in [1.54, 1.807) is 13.8 Å². The first-order chi connectivity index (χ1) is 11.1. The molecule has 1 heterocycles. The normalized spacial score (nSPS) is 34.4. The molecule has 1 aromatic carbocycles. The number of hydrogen-bond acceptors (Lipinski definition) is 7. The van der Waals surface area contributed by atoms with Crippen LogP contribution in [0.4, 0.5) is 0 Å². The van der Waals surface area contributed by atoms with Crippen molar-refractivity contribution in [3.8, 4) is 0 Å². The second-order valence-electron chi connectivity index (χ2n) is 6.39. The number of benzene rings is 1. The van der Waals surface area contributed by atoms with Crippen LogP contribution in [0.5, 0.6) is 0 Å². The summed E-state index contributed by atoms with van der Waals surface area (Å²) in [5.74, 6) is -1.84. The Kier molecular flexibility index (Phi) is 5.59. The molecule has 8 heteroatoms. The highest BCUT2D eigenvalue weighted by Gasteiger charge is 2.55. The molecule has 0 amide bonds. The first kappa shape index (κ1) is 19.6. The van der Waals surface area contributed by atoms with Crippen molar-refractivity contribution in [3.63, 3.8) is 0 Å². The fourth-order valence-electron chi connectivity index (χ4n) is 2.88. The summed E-state index contributed by atoms with van der Waals surface area (Å²) in [6, 6.07) is 4.52. The van der Waals surface area contributed by atoms with Crippen molar-refractivity contribution in [3.05, 3.63) is 34.3 Å². The van der Waals surface area contributed by atoms with Gasteiger partial charge in [-0.3, -0.25) is 0 Å². The Bertz CT molecular complexity index is 586. The van der Waals surface area contributed by atoms with E-state index in [1.807, 2.05) is 0 Å². The Labute approximate surface area is 145 Å². The third kappa shape index (κ3) is 3.18. The van der Waals surface area contributed by atoms with Gasteiger partial charge < -0.3 is 35.0 Å². The molecule has 1 aliphatic heterocycles. The van der Waals surface area contributed by atoms with Crippen LogP contribution in [0.1, 0.15) is 25.0 Å². The number of aliphatic hydroxyl groups excluding tert-OH is 4. The lowest BCUT2D eigenvalue weighted by Gasteiger charge is -2.47. The van der Waals surface area contributed by atoms with Crippen molar-refractivity contribution in [2.45, 2.75) is 49.7 Å². The molecule has 0 aromatic heterocycles. The van der Waals surface area contributed by atoms with Crippen molar-refractivity contribution in [1.82, 2.24) is 0 Å². The van der Waals surface area contributed by atoms with Gasteiger partial charge in [0, 0.05) is 23.3 Å². The Morgan fingerprint density at radius 1 is 1.25 bits per heavy atom. The summed E-state index contributed by atoms with van der Waals surface area (Å²) in [7, 11) is 1.26. The molecule has 1 aliphatic rings. The van der Waals surface area contributed by atoms with Crippen molar-refractivity contribution >= 4 is 11.6 Å². The molecule has 7 nitrogen and oxygen atoms in total. The Morgan fingerprint density at radius 2 is 1.88 bits per heavy atom. The molecular formula is C16H23ClO7. The fourth-order valence-corrected chi connectivity index (χ4v) is 3.23. The minimum atomic E-state index is -1.84. The summed E-state index contributed by atoms with van der Waals surface area (Å²) in [5, 5.41) is 50.4. The zero-order valence-corrected chi connectivity index (χ0v) is 14.4. The predicted molar refractivity (Wildman–Crippen MR) is 85.4 cm³/mol. The lowest BCUT2D eigenvalue weighted by molar-refractivity contribution is -0.366. The predicted octanol–water partition coefficient (Wildman–Crippen LogP) is -0.160. The van der Waals surface area contributed by atoms with E-state index >= 15 is 0 Å². The van der Waals surface area contributed by atoms with Gasteiger partial charge in [-0.25, -0.2) is 0 Å². The molecule has 2 rings (SSSR count). The zero-order chi connectivity index (χ0) is 18.3. The van der Waals surface area contributed by atoms with Crippen LogP contribution in [0.25, 0.3) is 0 Å². The van der Waals surface area contributed by atoms with E-state index in [0.717, 1.165) is 0 Å². The summed E-state index contributed by atoms with van der Waals surface area (Å²) in [5.41, 5.74) is -0.616. The van der Waals surface area contributed by atoms with Gasteiger partial charge in [-0.2, -0.15) is 0 Å². The monoisotopic (exact) mass is 362 g/mol. The molecule has 0 spiro atoms. The summed E-state index contributed by atoms with van der Waals surface area (Å²) in [6.45, 7) is 2.51. The van der Waals surface area contributed by atoms with E-state index in [-0.39, 0.29) is 5.56 Å². The number of aliphatic hydroxyl groups is 5. The average Bonchev–Trinajstić information content (AvgIpc) is 2.53. The standard InChI is InChI=1S/C16H23ClO7/c1-15(2,22)9-6-8(4-5-10(9)17)16(23-3)14(21)13(20)12(19)11(7-18)24-16/h4-6,11-14,18-22H,7H2,1-3H3. The maximum atomic E-state index is 10.5. The third-order valence-electron chi connectivity index (χ3n) is 4.28. The highest BCUT2D eigenvalue weighted by atomic mass is 35.5. The molecule has 0 saturated carbocycles. The molecule has 24 heavy (non-hydrogen) atoms. The summed E-state index contributed by atoms with van der Waals surface area (Å²) < 4.78 is 11.0. The quantitative estimate of drug-likeness (QED) is 0.505. The number of hydrogen-bond donors (Lipinski definition) is 5. The molecule has 5 unspecified atom stereocenters. The van der Waals surface area contributed by atoms with Gasteiger partial charge in [0.25, 0.3) is 0 Å². The third-order valence-corrected chi connectivity index (χ3v) is 4.61. The second-order valence-corrected chi connectivity index (χ2v) is 6.80. The molecule has 1 saturated heterocycles. The minimum absolute atomic E-state index is 0.281. The van der Waals surface area contributed by atoms with Gasteiger partial charge in [0.1, 0.15) is 24.4 Å². The first-order valence-corrected chi connectivity index (χ1v) is 7.87. The summed E-state index contributed by atoms with van der Waals surface area (Å²) in [4.78, 5) is 0. The van der Waals surface area contributed by atoms with E-state index in [2.05, 4.69) is 0 Å². The lowest BCUT2D eigenvalue weighted by Crippen LogP contribution is -2.64. The molecule has 0 bridgehead atoms. The van der Waals surface area contributed by atoms with Crippen LogP contribution < -0.4 is 0 Å². The lowest BCUT2D eigenvalue weighted by atomic mass is 9.86. The maximum absolute atomic E-state index is 10.5. The van der Waals surface area contributed by atoms with Gasteiger partial charge in [-0.1, -0.05) is 17.7 Å². The van der Waals surface area contributed by atoms with Crippen molar-refractivity contribution in [2.24, 2.45) is 0 Å². The Morgan fingerprint density at radius 3 is 2.38 bits per heavy atom. The molecule has 0 aliphatic carbocycles. The van der Waals surface area contributed by atoms with Crippen LogP contribution in [-0.2, 0) is 20.9 Å². The van der Waals surface area contributed by atoms with Gasteiger partial charge in [0.05, 0.1) is 12.2 Å². The van der Waals surface area contributed by atoms with Gasteiger partial charge in [-0.05, 0) is 26.0 Å². The van der Waals surface area contributed by atoms with Crippen LogP contribution in [0.15, 0.2) is 18.2 Å². The second kappa shape index (κ2) is 6.86. The number of rotatable bonds is 4. The largest absolute Gasteiger partial charge is 0.394 e. The smallest absolute Gasteiger partial charge is 0.224 e. The van der Waals surface area contributed by atoms with E-state index in [0.29, 0.717) is 10.6 Å². The van der Waals surface area contributed by atoms with E-state index in [9.17, 15) is 25.5 Å². The summed E-state index contributed by atoms with van der Waals surface area (Å²) >= 11 is 6.12. The van der Waals surface area contributed by atoms with E-state index in [1.165, 1.54) is 25.3 Å². The van der Waals surface area contributed by atoms with Gasteiger partial charge in [0.15, 0.2) is 0 Å². The fraction of sp³-hybridized carbons (Fsp3) is 0.625. The number of methoxy groups -OCH3 is 1. The zero-order valence-electron chi connectivity index (χ0n) is 13.7. The molecule has 5 N–H and O–H groups in total. The van der Waals surface area contributed by atoms with Gasteiger partial charge in [0.2, 0.25) is 5.79 Å². The topological polar surface area (TPSA) is 120 Å². The van der Waals surface area contributed by atoms with Gasteiger partial charge in [-0.15, -0.1) is 0 Å². The first-order valence-electron chi connectivity index (χ1n) is 7.49. The maximum Gasteiger partial charge on any atom is 0.224 e. The van der Waals surface area contributed by atoms with E-state index in [4.69, 9.17) is 21.1 Å². The number of ether oxygens (including phenoxy) is 2. The Hall–Kier alpha value is -0.770. The van der Waals surface area contributed by atoms with Gasteiger partial charge >= 0.3 is 0 Å². The van der Waals surface area contributed by atoms with Crippen molar-refractivity contribution in [2.75, 3.05) is 13.7 Å². The van der Waals surface area contributed by atoms with Crippen LogP contribution in [0.2, 0.25) is 5.02 Å².